The molecule has 0 amide bonds. The Labute approximate surface area is 133 Å². The van der Waals surface area contributed by atoms with Gasteiger partial charge in [0.1, 0.15) is 5.82 Å². The van der Waals surface area contributed by atoms with Crippen LogP contribution >= 0.6 is 31.9 Å². The number of hydrogen-bond donors (Lipinski definition) is 0. The van der Waals surface area contributed by atoms with Crippen molar-refractivity contribution >= 4 is 37.7 Å². The summed E-state index contributed by atoms with van der Waals surface area (Å²) in [6, 6.07) is 2.77. The molecule has 0 saturated heterocycles. The van der Waals surface area contributed by atoms with Crippen molar-refractivity contribution in [2.24, 2.45) is 5.92 Å². The Bertz CT molecular complexity index is 415. The molecule has 1 aliphatic carbocycles. The molecule has 1 fully saturated rings. The average molecular weight is 390 g/mol. The molecule has 0 aliphatic heterocycles. The van der Waals surface area contributed by atoms with Crippen LogP contribution in [0.4, 0.5) is 5.82 Å². The van der Waals surface area contributed by atoms with Crippen LogP contribution < -0.4 is 4.90 Å². The van der Waals surface area contributed by atoms with E-state index in [0.29, 0.717) is 6.04 Å². The maximum atomic E-state index is 4.63. The summed E-state index contributed by atoms with van der Waals surface area (Å²) in [6.45, 7) is 5.68. The summed E-state index contributed by atoms with van der Waals surface area (Å²) < 4.78 is 2.12. The minimum absolute atomic E-state index is 0.670. The average Bonchev–Trinajstić information content (AvgIpc) is 2.85. The number of hydrogen-bond acceptors (Lipinski definition) is 2. The van der Waals surface area contributed by atoms with Crippen LogP contribution in [0.2, 0.25) is 0 Å². The summed E-state index contributed by atoms with van der Waals surface area (Å²) in [5, 5.41) is 0. The number of anilines is 1. The van der Waals surface area contributed by atoms with Gasteiger partial charge in [-0.25, -0.2) is 4.98 Å². The molecule has 1 aliphatic rings. The molecular formula is C15H22Br2N2. The monoisotopic (exact) mass is 388 g/mol. The van der Waals surface area contributed by atoms with E-state index in [-0.39, 0.29) is 0 Å². The molecule has 1 aromatic rings. The molecule has 0 spiro atoms. The summed E-state index contributed by atoms with van der Waals surface area (Å²) in [5.74, 6) is 1.84. The van der Waals surface area contributed by atoms with Gasteiger partial charge in [-0.15, -0.1) is 0 Å². The van der Waals surface area contributed by atoms with Crippen LogP contribution in [0.5, 0.6) is 0 Å². The van der Waals surface area contributed by atoms with Gasteiger partial charge in [-0.3, -0.25) is 0 Å². The van der Waals surface area contributed by atoms with E-state index in [1.807, 2.05) is 6.20 Å². The van der Waals surface area contributed by atoms with Gasteiger partial charge < -0.3 is 4.90 Å². The largest absolute Gasteiger partial charge is 0.353 e. The van der Waals surface area contributed by atoms with Crippen LogP contribution in [0.15, 0.2) is 21.2 Å². The molecule has 0 bridgehead atoms. The van der Waals surface area contributed by atoms with Gasteiger partial charge >= 0.3 is 0 Å². The van der Waals surface area contributed by atoms with Crippen LogP contribution in [0.1, 0.15) is 46.0 Å². The highest BCUT2D eigenvalue weighted by molar-refractivity contribution is 9.11. The van der Waals surface area contributed by atoms with E-state index in [4.69, 9.17) is 0 Å². The van der Waals surface area contributed by atoms with Crippen molar-refractivity contribution in [3.05, 3.63) is 21.2 Å². The molecule has 0 radical (unpaired) electrons. The van der Waals surface area contributed by atoms with Crippen LogP contribution in [0, 0.1) is 5.92 Å². The molecule has 2 nitrogen and oxygen atoms in total. The third-order valence-corrected chi connectivity index (χ3v) is 4.79. The Morgan fingerprint density at radius 2 is 2.00 bits per heavy atom. The Morgan fingerprint density at radius 3 is 2.58 bits per heavy atom. The smallest absolute Gasteiger partial charge is 0.143 e. The van der Waals surface area contributed by atoms with Crippen molar-refractivity contribution in [1.29, 1.82) is 0 Å². The van der Waals surface area contributed by atoms with Crippen molar-refractivity contribution in [2.45, 2.75) is 52.0 Å². The molecule has 0 aromatic carbocycles. The molecule has 4 heteroatoms. The van der Waals surface area contributed by atoms with Crippen molar-refractivity contribution in [2.75, 3.05) is 11.4 Å². The van der Waals surface area contributed by atoms with E-state index < -0.39 is 0 Å². The number of aromatic nitrogens is 1. The number of rotatable bonds is 5. The van der Waals surface area contributed by atoms with Crippen LogP contribution in [-0.2, 0) is 0 Å². The fourth-order valence-corrected chi connectivity index (χ4v) is 3.91. The number of nitrogens with zero attached hydrogens (tertiary/aromatic N) is 2. The lowest BCUT2D eigenvalue weighted by Crippen LogP contribution is -2.35. The van der Waals surface area contributed by atoms with E-state index in [1.165, 1.54) is 32.1 Å². The zero-order chi connectivity index (χ0) is 13.8. The van der Waals surface area contributed by atoms with Crippen LogP contribution in [0.25, 0.3) is 0 Å². The van der Waals surface area contributed by atoms with Crippen LogP contribution in [0.3, 0.4) is 0 Å². The quantitative estimate of drug-likeness (QED) is 0.669. The Kier molecular flexibility index (Phi) is 5.70. The topological polar surface area (TPSA) is 16.1 Å². The van der Waals surface area contributed by atoms with E-state index in [0.717, 1.165) is 27.2 Å². The fourth-order valence-electron chi connectivity index (χ4n) is 2.69. The molecule has 19 heavy (non-hydrogen) atoms. The molecule has 0 atom stereocenters. The van der Waals surface area contributed by atoms with Crippen molar-refractivity contribution < 1.29 is 0 Å². The summed E-state index contributed by atoms with van der Waals surface area (Å²) in [7, 11) is 0. The second-order valence-corrected chi connectivity index (χ2v) is 7.54. The third kappa shape index (κ3) is 4.19. The summed E-state index contributed by atoms with van der Waals surface area (Å²) in [4.78, 5) is 7.15. The molecule has 0 unspecified atom stereocenters. The molecule has 2 rings (SSSR count). The highest BCUT2D eigenvalue weighted by Crippen LogP contribution is 2.33. The summed E-state index contributed by atoms with van der Waals surface area (Å²) >= 11 is 7.15. The number of halogens is 2. The Hall–Kier alpha value is -0.0900. The van der Waals surface area contributed by atoms with E-state index >= 15 is 0 Å². The van der Waals surface area contributed by atoms with Crippen molar-refractivity contribution in [3.8, 4) is 0 Å². The molecule has 1 heterocycles. The highest BCUT2D eigenvalue weighted by atomic mass is 79.9. The molecule has 1 aromatic heterocycles. The predicted molar refractivity (Wildman–Crippen MR) is 88.7 cm³/mol. The van der Waals surface area contributed by atoms with Gasteiger partial charge in [0.15, 0.2) is 0 Å². The standard InChI is InChI=1S/C15H22Br2N2/c1-11(2)7-8-19(13-5-3-4-6-13)15-14(17)9-12(16)10-18-15/h9-11,13H,3-8H2,1-2H3. The molecular weight excluding hydrogens is 368 g/mol. The molecule has 1 saturated carbocycles. The SMILES string of the molecule is CC(C)CCN(c1ncc(Br)cc1Br)C1CCCC1. The van der Waals surface area contributed by atoms with Crippen molar-refractivity contribution in [1.82, 2.24) is 4.98 Å². The minimum atomic E-state index is 0.670. The first-order valence-corrected chi connectivity index (χ1v) is 8.74. The zero-order valence-corrected chi connectivity index (χ0v) is 14.9. The van der Waals surface area contributed by atoms with Gasteiger partial charge in [0, 0.05) is 23.3 Å². The number of pyridine rings is 1. The lowest BCUT2D eigenvalue weighted by Gasteiger charge is -2.31. The zero-order valence-electron chi connectivity index (χ0n) is 11.7. The fraction of sp³-hybridized carbons (Fsp3) is 0.667. The van der Waals surface area contributed by atoms with Gasteiger partial charge in [0.25, 0.3) is 0 Å². The summed E-state index contributed by atoms with van der Waals surface area (Å²) in [5.41, 5.74) is 0. The normalized spacial score (nSPS) is 16.3. The van der Waals surface area contributed by atoms with Gasteiger partial charge in [-0.1, -0.05) is 26.7 Å². The minimum Gasteiger partial charge on any atom is -0.353 e. The van der Waals surface area contributed by atoms with Gasteiger partial charge in [0.2, 0.25) is 0 Å². The van der Waals surface area contributed by atoms with E-state index in [1.54, 1.807) is 0 Å². The lowest BCUT2D eigenvalue weighted by molar-refractivity contribution is 0.524. The predicted octanol–water partition coefficient (Wildman–Crippen LogP) is 5.40. The van der Waals surface area contributed by atoms with E-state index in [9.17, 15) is 0 Å². The van der Waals surface area contributed by atoms with Gasteiger partial charge in [-0.2, -0.15) is 0 Å². The lowest BCUT2D eigenvalue weighted by atomic mass is 10.1. The second kappa shape index (κ2) is 7.07. The maximum Gasteiger partial charge on any atom is 0.143 e. The first kappa shape index (κ1) is 15.3. The van der Waals surface area contributed by atoms with Gasteiger partial charge in [0.05, 0.1) is 4.47 Å². The first-order chi connectivity index (χ1) is 9.08. The summed E-state index contributed by atoms with van der Waals surface area (Å²) in [6.07, 6.45) is 8.46. The van der Waals surface area contributed by atoms with Crippen molar-refractivity contribution in [3.63, 3.8) is 0 Å². The second-order valence-electron chi connectivity index (χ2n) is 5.77. The molecule has 0 N–H and O–H groups in total. The Morgan fingerprint density at radius 1 is 1.32 bits per heavy atom. The van der Waals surface area contributed by atoms with Crippen LogP contribution in [-0.4, -0.2) is 17.6 Å². The first-order valence-electron chi connectivity index (χ1n) is 7.15. The van der Waals surface area contributed by atoms with E-state index in [2.05, 4.69) is 61.7 Å². The highest BCUT2D eigenvalue weighted by Gasteiger charge is 2.25. The maximum absolute atomic E-state index is 4.63. The van der Waals surface area contributed by atoms with Gasteiger partial charge in [-0.05, 0) is 63.1 Å². The third-order valence-electron chi connectivity index (χ3n) is 3.77. The Balaban J connectivity index is 2.19. The molecule has 106 valence electrons.